The molecule has 5 heteroatoms. The molecule has 0 atom stereocenters. The molecular formula is C18H25N3O2. The number of rotatable bonds is 5. The molecule has 124 valence electrons. The largest absolute Gasteiger partial charge is 0.355 e. The second kappa shape index (κ2) is 6.86. The first-order valence-electron chi connectivity index (χ1n) is 7.98. The van der Waals surface area contributed by atoms with Crippen molar-refractivity contribution >= 4 is 28.4 Å². The van der Waals surface area contributed by atoms with Gasteiger partial charge in [-0.15, -0.1) is 0 Å². The molecule has 0 saturated heterocycles. The first-order valence-corrected chi connectivity index (χ1v) is 7.98. The number of fused-ring (bicyclic) bond motifs is 1. The summed E-state index contributed by atoms with van der Waals surface area (Å²) < 4.78 is 2.16. The normalized spacial score (nSPS) is 11.5. The standard InChI is InChI=1S/C18H25N3O2/c1-5-21-11-9-13-12-14(6-7-15(13)21)20-16(22)8-10-19-17(23)18(2,3)4/h6-7,9,11-12H,5,8,10H2,1-4H3,(H,19,23)(H,20,22). The van der Waals surface area contributed by atoms with Gasteiger partial charge in [-0.1, -0.05) is 20.8 Å². The second-order valence-electron chi connectivity index (χ2n) is 6.68. The molecule has 0 aliphatic rings. The van der Waals surface area contributed by atoms with Gasteiger partial charge in [0.2, 0.25) is 11.8 Å². The summed E-state index contributed by atoms with van der Waals surface area (Å²) in [6, 6.07) is 7.92. The van der Waals surface area contributed by atoms with Gasteiger partial charge in [-0.3, -0.25) is 9.59 Å². The van der Waals surface area contributed by atoms with Crippen LogP contribution < -0.4 is 10.6 Å². The zero-order valence-electron chi connectivity index (χ0n) is 14.3. The third-order valence-electron chi connectivity index (χ3n) is 3.71. The highest BCUT2D eigenvalue weighted by Crippen LogP contribution is 2.20. The van der Waals surface area contributed by atoms with Crippen molar-refractivity contribution in [3.8, 4) is 0 Å². The third kappa shape index (κ3) is 4.34. The molecule has 0 aliphatic carbocycles. The lowest BCUT2D eigenvalue weighted by atomic mass is 9.96. The molecule has 0 unspecified atom stereocenters. The van der Waals surface area contributed by atoms with E-state index in [1.165, 1.54) is 0 Å². The molecule has 0 saturated carbocycles. The van der Waals surface area contributed by atoms with E-state index in [4.69, 9.17) is 0 Å². The Morgan fingerprint density at radius 3 is 2.57 bits per heavy atom. The summed E-state index contributed by atoms with van der Waals surface area (Å²) in [6.07, 6.45) is 2.30. The number of benzene rings is 1. The molecule has 2 aromatic rings. The van der Waals surface area contributed by atoms with E-state index in [-0.39, 0.29) is 18.2 Å². The maximum atomic E-state index is 12.0. The Morgan fingerprint density at radius 1 is 1.17 bits per heavy atom. The molecule has 2 N–H and O–H groups in total. The number of nitrogens with one attached hydrogen (secondary N) is 2. The minimum Gasteiger partial charge on any atom is -0.355 e. The highest BCUT2D eigenvalue weighted by Gasteiger charge is 2.20. The van der Waals surface area contributed by atoms with Crippen LogP contribution in [0.1, 0.15) is 34.1 Å². The van der Waals surface area contributed by atoms with Crippen molar-refractivity contribution in [1.29, 1.82) is 0 Å². The predicted octanol–water partition coefficient (Wildman–Crippen LogP) is 3.15. The number of nitrogens with zero attached hydrogens (tertiary/aromatic N) is 1. The quantitative estimate of drug-likeness (QED) is 0.890. The zero-order chi connectivity index (χ0) is 17.0. The number of hydrogen-bond donors (Lipinski definition) is 2. The van der Waals surface area contributed by atoms with Crippen molar-refractivity contribution in [3.63, 3.8) is 0 Å². The molecule has 0 spiro atoms. The van der Waals surface area contributed by atoms with Crippen molar-refractivity contribution in [2.45, 2.75) is 40.7 Å². The minimum atomic E-state index is -0.437. The molecule has 0 radical (unpaired) electrons. The molecule has 1 heterocycles. The van der Waals surface area contributed by atoms with Crippen LogP contribution in [0.2, 0.25) is 0 Å². The Labute approximate surface area is 137 Å². The van der Waals surface area contributed by atoms with Gasteiger partial charge in [0.25, 0.3) is 0 Å². The number of anilines is 1. The first-order chi connectivity index (χ1) is 10.8. The average Bonchev–Trinajstić information content (AvgIpc) is 2.88. The molecule has 2 rings (SSSR count). The highest BCUT2D eigenvalue weighted by atomic mass is 16.2. The van der Waals surface area contributed by atoms with Gasteiger partial charge in [0.15, 0.2) is 0 Å². The fourth-order valence-corrected chi connectivity index (χ4v) is 2.33. The summed E-state index contributed by atoms with van der Waals surface area (Å²) in [4.78, 5) is 23.7. The van der Waals surface area contributed by atoms with Crippen LogP contribution in [0.3, 0.4) is 0 Å². The van der Waals surface area contributed by atoms with E-state index in [2.05, 4.69) is 22.1 Å². The van der Waals surface area contributed by atoms with Crippen LogP contribution in [0.4, 0.5) is 5.69 Å². The SMILES string of the molecule is CCn1ccc2cc(NC(=O)CCNC(=O)C(C)(C)C)ccc21. The van der Waals surface area contributed by atoms with Crippen molar-refractivity contribution < 1.29 is 9.59 Å². The van der Waals surface area contributed by atoms with Crippen molar-refractivity contribution in [1.82, 2.24) is 9.88 Å². The predicted molar refractivity (Wildman–Crippen MR) is 93.3 cm³/mol. The highest BCUT2D eigenvalue weighted by molar-refractivity contribution is 5.94. The summed E-state index contributed by atoms with van der Waals surface area (Å²) in [5.74, 6) is -0.152. The average molecular weight is 315 g/mol. The van der Waals surface area contributed by atoms with Crippen LogP contribution in [0.15, 0.2) is 30.5 Å². The summed E-state index contributed by atoms with van der Waals surface area (Å²) in [5, 5.41) is 6.75. The van der Waals surface area contributed by atoms with Crippen LogP contribution >= 0.6 is 0 Å². The lowest BCUT2D eigenvalue weighted by Gasteiger charge is -2.17. The summed E-state index contributed by atoms with van der Waals surface area (Å²) in [5.41, 5.74) is 1.50. The van der Waals surface area contributed by atoms with Crippen LogP contribution in [-0.2, 0) is 16.1 Å². The van der Waals surface area contributed by atoms with E-state index in [9.17, 15) is 9.59 Å². The van der Waals surface area contributed by atoms with E-state index >= 15 is 0 Å². The first kappa shape index (κ1) is 17.1. The topological polar surface area (TPSA) is 63.1 Å². The van der Waals surface area contributed by atoms with Gasteiger partial charge in [0.05, 0.1) is 0 Å². The maximum absolute atomic E-state index is 12.0. The van der Waals surface area contributed by atoms with Gasteiger partial charge < -0.3 is 15.2 Å². The fourth-order valence-electron chi connectivity index (χ4n) is 2.33. The van der Waals surface area contributed by atoms with E-state index in [1.807, 2.05) is 51.2 Å². The van der Waals surface area contributed by atoms with E-state index in [0.717, 1.165) is 23.1 Å². The molecule has 0 aliphatic heterocycles. The Balaban J connectivity index is 1.89. The molecular weight excluding hydrogens is 290 g/mol. The number of carbonyl (C=O) groups excluding carboxylic acids is 2. The lowest BCUT2D eigenvalue weighted by molar-refractivity contribution is -0.128. The number of aromatic nitrogens is 1. The lowest BCUT2D eigenvalue weighted by Crippen LogP contribution is -2.36. The third-order valence-corrected chi connectivity index (χ3v) is 3.71. The van der Waals surface area contributed by atoms with Gasteiger partial charge in [-0.2, -0.15) is 0 Å². The van der Waals surface area contributed by atoms with Crippen LogP contribution in [0.25, 0.3) is 10.9 Å². The molecule has 1 aromatic carbocycles. The minimum absolute atomic E-state index is 0.0485. The van der Waals surface area contributed by atoms with Gasteiger partial charge in [-0.05, 0) is 31.2 Å². The van der Waals surface area contributed by atoms with Gasteiger partial charge in [0, 0.05) is 47.7 Å². The van der Waals surface area contributed by atoms with Crippen LogP contribution in [-0.4, -0.2) is 22.9 Å². The van der Waals surface area contributed by atoms with Crippen molar-refractivity contribution in [3.05, 3.63) is 30.5 Å². The summed E-state index contributed by atoms with van der Waals surface area (Å²) in [7, 11) is 0. The van der Waals surface area contributed by atoms with Gasteiger partial charge in [-0.25, -0.2) is 0 Å². The van der Waals surface area contributed by atoms with Gasteiger partial charge in [0.1, 0.15) is 0 Å². The van der Waals surface area contributed by atoms with Crippen molar-refractivity contribution in [2.24, 2.45) is 5.41 Å². The Morgan fingerprint density at radius 2 is 1.91 bits per heavy atom. The summed E-state index contributed by atoms with van der Waals surface area (Å²) in [6.45, 7) is 8.90. The molecule has 0 bridgehead atoms. The molecule has 1 aromatic heterocycles. The molecule has 0 fully saturated rings. The number of amides is 2. The molecule has 23 heavy (non-hydrogen) atoms. The van der Waals surface area contributed by atoms with Crippen molar-refractivity contribution in [2.75, 3.05) is 11.9 Å². The second-order valence-corrected chi connectivity index (χ2v) is 6.68. The van der Waals surface area contributed by atoms with E-state index in [0.29, 0.717) is 6.54 Å². The fraction of sp³-hybridized carbons (Fsp3) is 0.444. The molecule has 2 amide bonds. The maximum Gasteiger partial charge on any atom is 0.226 e. The monoisotopic (exact) mass is 315 g/mol. The van der Waals surface area contributed by atoms with Crippen LogP contribution in [0, 0.1) is 5.41 Å². The smallest absolute Gasteiger partial charge is 0.226 e. The Bertz CT molecular complexity index is 711. The number of carbonyl (C=O) groups is 2. The van der Waals surface area contributed by atoms with E-state index < -0.39 is 5.41 Å². The number of aryl methyl sites for hydroxylation is 1. The summed E-state index contributed by atoms with van der Waals surface area (Å²) >= 11 is 0. The molecule has 5 nitrogen and oxygen atoms in total. The Kier molecular flexibility index (Phi) is 5.08. The number of hydrogen-bond acceptors (Lipinski definition) is 2. The van der Waals surface area contributed by atoms with Gasteiger partial charge >= 0.3 is 0 Å². The van der Waals surface area contributed by atoms with Crippen LogP contribution in [0.5, 0.6) is 0 Å². The van der Waals surface area contributed by atoms with E-state index in [1.54, 1.807) is 0 Å². The Hall–Kier alpha value is -2.30. The zero-order valence-corrected chi connectivity index (χ0v) is 14.3.